The summed E-state index contributed by atoms with van der Waals surface area (Å²) in [7, 11) is 0. The lowest BCUT2D eigenvalue weighted by molar-refractivity contribution is 0.0951. The summed E-state index contributed by atoms with van der Waals surface area (Å²) in [6.07, 6.45) is 0. The molecule has 1 heterocycles. The maximum absolute atomic E-state index is 12.5. The van der Waals surface area contributed by atoms with E-state index >= 15 is 0 Å². The molecule has 0 fully saturated rings. The van der Waals surface area contributed by atoms with Crippen molar-refractivity contribution < 1.29 is 9.53 Å². The molecule has 0 saturated heterocycles. The zero-order valence-electron chi connectivity index (χ0n) is 18.0. The van der Waals surface area contributed by atoms with Gasteiger partial charge in [0.25, 0.3) is 11.5 Å². The third-order valence-corrected chi connectivity index (χ3v) is 5.28. The molecule has 0 atom stereocenters. The van der Waals surface area contributed by atoms with Crippen LogP contribution in [-0.2, 0) is 13.2 Å². The van der Waals surface area contributed by atoms with Gasteiger partial charge in [0.05, 0.1) is 5.69 Å². The molecule has 0 aliphatic carbocycles. The average Bonchev–Trinajstić information content (AvgIpc) is 2.84. The lowest BCUT2D eigenvalue weighted by Gasteiger charge is -2.10. The van der Waals surface area contributed by atoms with E-state index in [0.29, 0.717) is 35.3 Å². The minimum atomic E-state index is -0.301. The maximum atomic E-state index is 12.5. The van der Waals surface area contributed by atoms with Crippen LogP contribution in [0.2, 0.25) is 5.02 Å². The Hall–Kier alpha value is -3.90. The summed E-state index contributed by atoms with van der Waals surface area (Å²) in [5.74, 6) is 0.118. The van der Waals surface area contributed by atoms with E-state index < -0.39 is 0 Å². The molecule has 7 heteroatoms. The first kappa shape index (κ1) is 22.3. The van der Waals surface area contributed by atoms with Crippen LogP contribution in [0.25, 0.3) is 5.69 Å². The van der Waals surface area contributed by atoms with Gasteiger partial charge in [-0.3, -0.25) is 9.59 Å². The van der Waals surface area contributed by atoms with Crippen molar-refractivity contribution in [2.75, 3.05) is 0 Å². The van der Waals surface area contributed by atoms with Crippen LogP contribution in [-0.4, -0.2) is 15.7 Å². The zero-order chi connectivity index (χ0) is 23.2. The Morgan fingerprint density at radius 2 is 1.58 bits per heavy atom. The number of nitrogens with zero attached hydrogens (tertiary/aromatic N) is 2. The number of carbonyl (C=O) groups is 1. The van der Waals surface area contributed by atoms with E-state index in [1.165, 1.54) is 22.4 Å². The minimum absolute atomic E-state index is 0.192. The fourth-order valence-corrected chi connectivity index (χ4v) is 3.26. The normalized spacial score (nSPS) is 10.6. The molecule has 0 bridgehead atoms. The number of halogens is 1. The maximum Gasteiger partial charge on any atom is 0.271 e. The summed E-state index contributed by atoms with van der Waals surface area (Å²) in [5, 5.41) is 7.84. The van der Waals surface area contributed by atoms with Crippen LogP contribution in [0.4, 0.5) is 0 Å². The van der Waals surface area contributed by atoms with Crippen molar-refractivity contribution in [3.8, 4) is 11.6 Å². The fraction of sp³-hybridized carbons (Fsp3) is 0.115. The van der Waals surface area contributed by atoms with E-state index in [-0.39, 0.29) is 11.5 Å². The van der Waals surface area contributed by atoms with Gasteiger partial charge < -0.3 is 10.1 Å². The molecule has 0 unspecified atom stereocenters. The van der Waals surface area contributed by atoms with E-state index in [1.807, 2.05) is 43.3 Å². The Labute approximate surface area is 196 Å². The highest BCUT2D eigenvalue weighted by molar-refractivity contribution is 6.30. The number of amides is 1. The van der Waals surface area contributed by atoms with Gasteiger partial charge in [0.2, 0.25) is 5.88 Å². The lowest BCUT2D eigenvalue weighted by atomic mass is 10.1. The number of ether oxygens (including phenoxy) is 1. The smallest absolute Gasteiger partial charge is 0.271 e. The van der Waals surface area contributed by atoms with Crippen LogP contribution in [0.15, 0.2) is 89.7 Å². The van der Waals surface area contributed by atoms with Gasteiger partial charge in [0.15, 0.2) is 0 Å². The molecule has 4 rings (SSSR count). The van der Waals surface area contributed by atoms with Crippen molar-refractivity contribution in [2.24, 2.45) is 0 Å². The van der Waals surface area contributed by atoms with Gasteiger partial charge in [-0.2, -0.15) is 4.68 Å². The van der Waals surface area contributed by atoms with Crippen molar-refractivity contribution >= 4 is 17.5 Å². The van der Waals surface area contributed by atoms with E-state index in [1.54, 1.807) is 36.4 Å². The summed E-state index contributed by atoms with van der Waals surface area (Å²) in [6, 6.07) is 24.9. The largest absolute Gasteiger partial charge is 0.472 e. The third kappa shape index (κ3) is 5.87. The summed E-state index contributed by atoms with van der Waals surface area (Å²) in [4.78, 5) is 24.8. The Balaban J connectivity index is 1.42. The topological polar surface area (TPSA) is 73.2 Å². The van der Waals surface area contributed by atoms with Crippen molar-refractivity contribution in [2.45, 2.75) is 20.1 Å². The van der Waals surface area contributed by atoms with Gasteiger partial charge in [-0.15, -0.1) is 5.10 Å². The molecule has 3 aromatic carbocycles. The molecule has 1 N–H and O–H groups in total. The number of aromatic nitrogens is 2. The number of nitrogens with one attached hydrogen (secondary N) is 1. The molecular formula is C26H22ClN3O3. The molecule has 0 radical (unpaired) electrons. The van der Waals surface area contributed by atoms with E-state index in [0.717, 1.165) is 11.1 Å². The highest BCUT2D eigenvalue weighted by Crippen LogP contribution is 2.14. The summed E-state index contributed by atoms with van der Waals surface area (Å²) in [6.45, 7) is 2.75. The molecule has 0 saturated carbocycles. The second-order valence-electron chi connectivity index (χ2n) is 7.55. The first-order valence-corrected chi connectivity index (χ1v) is 10.8. The predicted molar refractivity (Wildman–Crippen MR) is 128 cm³/mol. The van der Waals surface area contributed by atoms with Crippen LogP contribution in [0.1, 0.15) is 27.0 Å². The SMILES string of the molecule is Cc1ccc(CNC(=O)c2ccc(-n3nc(OCc4ccc(Cl)cc4)ccc3=O)cc2)cc1. The number of hydrogen-bond acceptors (Lipinski definition) is 4. The fourth-order valence-electron chi connectivity index (χ4n) is 3.14. The Morgan fingerprint density at radius 3 is 2.27 bits per heavy atom. The van der Waals surface area contributed by atoms with Crippen LogP contribution in [0.3, 0.4) is 0 Å². The molecule has 6 nitrogen and oxygen atoms in total. The molecule has 0 aliphatic rings. The number of benzene rings is 3. The summed E-state index contributed by atoms with van der Waals surface area (Å²) < 4.78 is 6.96. The van der Waals surface area contributed by atoms with Gasteiger partial charge in [-0.1, -0.05) is 53.6 Å². The second-order valence-corrected chi connectivity index (χ2v) is 7.99. The zero-order valence-corrected chi connectivity index (χ0v) is 18.8. The Kier molecular flexibility index (Phi) is 6.86. The van der Waals surface area contributed by atoms with E-state index in [9.17, 15) is 9.59 Å². The molecule has 166 valence electrons. The molecule has 0 spiro atoms. The molecule has 1 aromatic heterocycles. The Morgan fingerprint density at radius 1 is 0.909 bits per heavy atom. The van der Waals surface area contributed by atoms with Gasteiger partial charge >= 0.3 is 0 Å². The monoisotopic (exact) mass is 459 g/mol. The molecule has 1 amide bonds. The van der Waals surface area contributed by atoms with E-state index in [2.05, 4.69) is 10.4 Å². The van der Waals surface area contributed by atoms with Gasteiger partial charge in [-0.25, -0.2) is 0 Å². The first-order valence-electron chi connectivity index (χ1n) is 10.4. The number of hydrogen-bond donors (Lipinski definition) is 1. The lowest BCUT2D eigenvalue weighted by Crippen LogP contribution is -2.23. The minimum Gasteiger partial charge on any atom is -0.472 e. The highest BCUT2D eigenvalue weighted by Gasteiger charge is 2.09. The van der Waals surface area contributed by atoms with Crippen molar-refractivity contribution in [1.82, 2.24) is 15.1 Å². The van der Waals surface area contributed by atoms with Crippen molar-refractivity contribution in [3.63, 3.8) is 0 Å². The average molecular weight is 460 g/mol. The van der Waals surface area contributed by atoms with E-state index in [4.69, 9.17) is 16.3 Å². The number of aryl methyl sites for hydroxylation is 1. The molecule has 4 aromatic rings. The molecule has 33 heavy (non-hydrogen) atoms. The summed E-state index contributed by atoms with van der Waals surface area (Å²) >= 11 is 5.90. The molecular weight excluding hydrogens is 438 g/mol. The highest BCUT2D eigenvalue weighted by atomic mass is 35.5. The van der Waals surface area contributed by atoms with Crippen molar-refractivity contribution in [3.05, 3.63) is 123 Å². The quantitative estimate of drug-likeness (QED) is 0.434. The Bertz CT molecular complexity index is 1300. The summed E-state index contributed by atoms with van der Waals surface area (Å²) in [5.41, 5.74) is 3.85. The van der Waals surface area contributed by atoms with Crippen molar-refractivity contribution in [1.29, 1.82) is 0 Å². The number of rotatable bonds is 7. The van der Waals surface area contributed by atoms with Crippen LogP contribution in [0.5, 0.6) is 5.88 Å². The molecule has 0 aliphatic heterocycles. The van der Waals surface area contributed by atoms with Gasteiger partial charge in [0, 0.05) is 29.3 Å². The van der Waals surface area contributed by atoms with Crippen LogP contribution in [0, 0.1) is 6.92 Å². The van der Waals surface area contributed by atoms with Crippen LogP contribution >= 0.6 is 11.6 Å². The third-order valence-electron chi connectivity index (χ3n) is 5.02. The van der Waals surface area contributed by atoms with Gasteiger partial charge in [0.1, 0.15) is 6.61 Å². The first-order chi connectivity index (χ1) is 16.0. The second kappa shape index (κ2) is 10.1. The van der Waals surface area contributed by atoms with Gasteiger partial charge in [-0.05, 0) is 54.4 Å². The predicted octanol–water partition coefficient (Wildman–Crippen LogP) is 4.70. The number of carbonyl (C=O) groups excluding carboxylic acids is 1. The standard InChI is InChI=1S/C26H22ClN3O3/c1-18-2-4-19(5-3-18)16-28-26(32)21-8-12-23(13-9-21)30-25(31)15-14-24(29-30)33-17-20-6-10-22(27)11-7-20/h2-15H,16-17H2,1H3,(H,28,32). The van der Waals surface area contributed by atoms with Crippen LogP contribution < -0.4 is 15.6 Å².